The molecule has 0 saturated carbocycles. The standard InChI is InChI=1S/C13H17BrClNO3/c1-16(6-5-13(17)18-2)7-8-19-12-4-3-10(15)9-11(12)14/h3-4,9H,5-8H2,1-2H3. The normalized spacial score (nSPS) is 10.6. The first-order valence-electron chi connectivity index (χ1n) is 5.86. The molecule has 19 heavy (non-hydrogen) atoms. The molecule has 1 aromatic rings. The second-order valence-corrected chi connectivity index (χ2v) is 5.34. The van der Waals surface area contributed by atoms with Gasteiger partial charge in [0.15, 0.2) is 0 Å². The first-order valence-corrected chi connectivity index (χ1v) is 7.03. The fourth-order valence-corrected chi connectivity index (χ4v) is 2.20. The Hall–Kier alpha value is -0.780. The summed E-state index contributed by atoms with van der Waals surface area (Å²) in [6, 6.07) is 5.39. The lowest BCUT2D eigenvalue weighted by atomic mass is 10.3. The molecule has 0 amide bonds. The zero-order chi connectivity index (χ0) is 14.3. The molecule has 106 valence electrons. The van der Waals surface area contributed by atoms with Gasteiger partial charge in [-0.15, -0.1) is 0 Å². The topological polar surface area (TPSA) is 38.8 Å². The number of carbonyl (C=O) groups excluding carboxylic acids is 1. The summed E-state index contributed by atoms with van der Waals surface area (Å²) in [5.41, 5.74) is 0. The second-order valence-electron chi connectivity index (χ2n) is 4.05. The molecule has 0 atom stereocenters. The number of rotatable bonds is 7. The highest BCUT2D eigenvalue weighted by Crippen LogP contribution is 2.27. The van der Waals surface area contributed by atoms with Crippen molar-refractivity contribution >= 4 is 33.5 Å². The summed E-state index contributed by atoms with van der Waals surface area (Å²) in [7, 11) is 3.33. The number of carbonyl (C=O) groups is 1. The van der Waals surface area contributed by atoms with Gasteiger partial charge in [0.25, 0.3) is 0 Å². The lowest BCUT2D eigenvalue weighted by Crippen LogP contribution is -2.27. The number of esters is 1. The Balaban J connectivity index is 2.27. The number of ether oxygens (including phenoxy) is 2. The number of hydrogen-bond donors (Lipinski definition) is 0. The second kappa shape index (κ2) is 8.40. The summed E-state index contributed by atoms with van der Waals surface area (Å²) in [6.07, 6.45) is 0.387. The minimum Gasteiger partial charge on any atom is -0.491 e. The lowest BCUT2D eigenvalue weighted by Gasteiger charge is -2.16. The van der Waals surface area contributed by atoms with Crippen LogP contribution in [-0.4, -0.2) is 44.7 Å². The first kappa shape index (κ1) is 16.3. The summed E-state index contributed by atoms with van der Waals surface area (Å²) in [6.45, 7) is 1.92. The molecule has 0 radical (unpaired) electrons. The van der Waals surface area contributed by atoms with Crippen molar-refractivity contribution in [1.82, 2.24) is 4.90 Å². The third-order valence-electron chi connectivity index (χ3n) is 2.55. The largest absolute Gasteiger partial charge is 0.491 e. The van der Waals surface area contributed by atoms with Crippen LogP contribution < -0.4 is 4.74 Å². The average molecular weight is 351 g/mol. The number of nitrogens with zero attached hydrogens (tertiary/aromatic N) is 1. The third-order valence-corrected chi connectivity index (χ3v) is 3.40. The van der Waals surface area contributed by atoms with E-state index in [2.05, 4.69) is 20.7 Å². The summed E-state index contributed by atoms with van der Waals surface area (Å²) in [4.78, 5) is 13.0. The van der Waals surface area contributed by atoms with Crippen LogP contribution in [0.5, 0.6) is 5.75 Å². The molecule has 0 aliphatic carbocycles. The van der Waals surface area contributed by atoms with Crippen molar-refractivity contribution in [2.45, 2.75) is 6.42 Å². The van der Waals surface area contributed by atoms with Gasteiger partial charge < -0.3 is 14.4 Å². The van der Waals surface area contributed by atoms with Gasteiger partial charge in [0, 0.05) is 18.1 Å². The van der Waals surface area contributed by atoms with E-state index >= 15 is 0 Å². The van der Waals surface area contributed by atoms with Crippen molar-refractivity contribution in [3.63, 3.8) is 0 Å². The van der Waals surface area contributed by atoms with Gasteiger partial charge in [0.1, 0.15) is 12.4 Å². The summed E-state index contributed by atoms with van der Waals surface area (Å²) < 4.78 is 11.0. The van der Waals surface area contributed by atoms with Crippen LogP contribution in [0.2, 0.25) is 5.02 Å². The highest BCUT2D eigenvalue weighted by molar-refractivity contribution is 9.10. The van der Waals surface area contributed by atoms with Gasteiger partial charge >= 0.3 is 5.97 Å². The molecule has 0 aliphatic rings. The molecule has 0 N–H and O–H groups in total. The summed E-state index contributed by atoms with van der Waals surface area (Å²) >= 11 is 9.24. The molecule has 0 bridgehead atoms. The molecule has 1 aromatic carbocycles. The fraction of sp³-hybridized carbons (Fsp3) is 0.462. The predicted molar refractivity (Wildman–Crippen MR) is 78.8 cm³/mol. The Kier molecular flexibility index (Phi) is 7.20. The molecule has 6 heteroatoms. The van der Waals surface area contributed by atoms with Crippen LogP contribution in [0.15, 0.2) is 22.7 Å². The number of likely N-dealkylation sites (N-methyl/N-ethyl adjacent to an activating group) is 1. The zero-order valence-electron chi connectivity index (χ0n) is 11.0. The van der Waals surface area contributed by atoms with E-state index in [9.17, 15) is 4.79 Å². The van der Waals surface area contributed by atoms with E-state index in [0.29, 0.717) is 24.6 Å². The number of methoxy groups -OCH3 is 1. The first-order chi connectivity index (χ1) is 9.02. The van der Waals surface area contributed by atoms with E-state index in [4.69, 9.17) is 16.3 Å². The van der Waals surface area contributed by atoms with Gasteiger partial charge in [-0.25, -0.2) is 0 Å². The van der Waals surface area contributed by atoms with Crippen molar-refractivity contribution in [2.24, 2.45) is 0 Å². The van der Waals surface area contributed by atoms with Crippen LogP contribution in [0.25, 0.3) is 0 Å². The Bertz CT molecular complexity index is 428. The lowest BCUT2D eigenvalue weighted by molar-refractivity contribution is -0.140. The van der Waals surface area contributed by atoms with E-state index in [1.54, 1.807) is 12.1 Å². The van der Waals surface area contributed by atoms with Crippen LogP contribution in [0.1, 0.15) is 6.42 Å². The number of halogens is 2. The highest BCUT2D eigenvalue weighted by Gasteiger charge is 2.05. The van der Waals surface area contributed by atoms with E-state index in [0.717, 1.165) is 16.8 Å². The quantitative estimate of drug-likeness (QED) is 0.709. The van der Waals surface area contributed by atoms with Crippen LogP contribution in [-0.2, 0) is 9.53 Å². The van der Waals surface area contributed by atoms with Crippen LogP contribution >= 0.6 is 27.5 Å². The predicted octanol–water partition coefficient (Wildman–Crippen LogP) is 2.98. The van der Waals surface area contributed by atoms with Crippen LogP contribution in [0, 0.1) is 0 Å². The van der Waals surface area contributed by atoms with Crippen molar-refractivity contribution < 1.29 is 14.3 Å². The maximum absolute atomic E-state index is 11.0. The van der Waals surface area contributed by atoms with Gasteiger partial charge in [-0.05, 0) is 41.2 Å². The van der Waals surface area contributed by atoms with E-state index < -0.39 is 0 Å². The molecule has 0 spiro atoms. The summed E-state index contributed by atoms with van der Waals surface area (Å²) in [5.74, 6) is 0.555. The fourth-order valence-electron chi connectivity index (χ4n) is 1.40. The van der Waals surface area contributed by atoms with Gasteiger partial charge in [-0.1, -0.05) is 11.6 Å². The molecule has 0 heterocycles. The van der Waals surface area contributed by atoms with Crippen molar-refractivity contribution in [3.05, 3.63) is 27.7 Å². The van der Waals surface area contributed by atoms with Crippen LogP contribution in [0.3, 0.4) is 0 Å². The highest BCUT2D eigenvalue weighted by atomic mass is 79.9. The van der Waals surface area contributed by atoms with Gasteiger partial charge in [0.05, 0.1) is 18.0 Å². The molecule has 0 fully saturated rings. The van der Waals surface area contributed by atoms with Crippen molar-refractivity contribution in [3.8, 4) is 5.75 Å². The van der Waals surface area contributed by atoms with E-state index in [-0.39, 0.29) is 5.97 Å². The zero-order valence-corrected chi connectivity index (χ0v) is 13.3. The maximum Gasteiger partial charge on any atom is 0.306 e. The molecule has 4 nitrogen and oxygen atoms in total. The Morgan fingerprint density at radius 2 is 2.16 bits per heavy atom. The maximum atomic E-state index is 11.0. The molecule has 0 unspecified atom stereocenters. The Morgan fingerprint density at radius 1 is 1.42 bits per heavy atom. The third kappa shape index (κ3) is 6.27. The number of benzene rings is 1. The summed E-state index contributed by atoms with van der Waals surface area (Å²) in [5, 5.41) is 0.662. The smallest absolute Gasteiger partial charge is 0.306 e. The Morgan fingerprint density at radius 3 is 2.79 bits per heavy atom. The number of hydrogen-bond acceptors (Lipinski definition) is 4. The molecule has 0 aliphatic heterocycles. The monoisotopic (exact) mass is 349 g/mol. The molecule has 1 rings (SSSR count). The van der Waals surface area contributed by atoms with Gasteiger partial charge in [-0.3, -0.25) is 4.79 Å². The van der Waals surface area contributed by atoms with Crippen molar-refractivity contribution in [2.75, 3.05) is 33.9 Å². The molecule has 0 saturated heterocycles. The molecular formula is C13H17BrClNO3. The van der Waals surface area contributed by atoms with Gasteiger partial charge in [0.2, 0.25) is 0 Å². The Labute approximate surface area is 126 Å². The molecule has 0 aromatic heterocycles. The minimum atomic E-state index is -0.201. The van der Waals surface area contributed by atoms with E-state index in [1.807, 2.05) is 18.0 Å². The minimum absolute atomic E-state index is 0.201. The van der Waals surface area contributed by atoms with E-state index in [1.165, 1.54) is 7.11 Å². The molecular weight excluding hydrogens is 334 g/mol. The average Bonchev–Trinajstić information content (AvgIpc) is 2.38. The van der Waals surface area contributed by atoms with Gasteiger partial charge in [-0.2, -0.15) is 0 Å². The SMILES string of the molecule is COC(=O)CCN(C)CCOc1ccc(Cl)cc1Br. The van der Waals surface area contributed by atoms with Crippen molar-refractivity contribution in [1.29, 1.82) is 0 Å². The van der Waals surface area contributed by atoms with Crippen LogP contribution in [0.4, 0.5) is 0 Å².